The van der Waals surface area contributed by atoms with Gasteiger partial charge in [-0.15, -0.1) is 0 Å². The van der Waals surface area contributed by atoms with E-state index in [0.717, 1.165) is 0 Å². The first kappa shape index (κ1) is 25.8. The Morgan fingerprint density at radius 1 is 0.710 bits per heavy atom. The molecule has 0 N–H and O–H groups in total. The highest BCUT2D eigenvalue weighted by molar-refractivity contribution is 5.89. The van der Waals surface area contributed by atoms with Gasteiger partial charge in [-0.25, -0.2) is 19.2 Å². The molecule has 0 aromatic heterocycles. The van der Waals surface area contributed by atoms with Gasteiger partial charge in [-0.3, -0.25) is 0 Å². The molecule has 170 valence electrons. The Kier molecular flexibility index (Phi) is 9.39. The lowest BCUT2D eigenvalue weighted by Gasteiger charge is -2.40. The van der Waals surface area contributed by atoms with Crippen LogP contribution in [0, 0.1) is 0 Å². The van der Waals surface area contributed by atoms with Crippen molar-refractivity contribution in [3.8, 4) is 0 Å². The predicted octanol–water partition coefficient (Wildman–Crippen LogP) is 1.97. The molecule has 4 atom stereocenters. The molecule has 0 spiro atoms. The lowest BCUT2D eigenvalue weighted by atomic mass is 9.99. The Hall–Kier alpha value is -3.20. The molecule has 1 rings (SSSR count). The average Bonchev–Trinajstić information content (AvgIpc) is 2.68. The summed E-state index contributed by atoms with van der Waals surface area (Å²) in [6.07, 6.45) is -4.68. The van der Waals surface area contributed by atoms with Crippen molar-refractivity contribution in [3.05, 3.63) is 48.6 Å². The van der Waals surface area contributed by atoms with Crippen LogP contribution in [0.15, 0.2) is 48.6 Å². The van der Waals surface area contributed by atoms with Crippen molar-refractivity contribution < 1.29 is 42.9 Å². The monoisotopic (exact) mass is 436 g/mol. The average molecular weight is 436 g/mol. The number of carbonyl (C=O) groups excluding carboxylic acids is 4. The Morgan fingerprint density at radius 2 is 1.13 bits per heavy atom. The van der Waals surface area contributed by atoms with E-state index in [1.807, 2.05) is 0 Å². The lowest BCUT2D eigenvalue weighted by molar-refractivity contribution is -0.229. The number of ether oxygens (including phenoxy) is 5. The molecule has 0 radical (unpaired) electrons. The molecule has 1 aliphatic rings. The van der Waals surface area contributed by atoms with Crippen LogP contribution in [0.5, 0.6) is 0 Å². The maximum Gasteiger partial charge on any atom is 0.333 e. The van der Waals surface area contributed by atoms with E-state index in [4.69, 9.17) is 23.7 Å². The fourth-order valence-electron chi connectivity index (χ4n) is 2.33. The fourth-order valence-corrected chi connectivity index (χ4v) is 2.33. The van der Waals surface area contributed by atoms with Gasteiger partial charge in [0.15, 0.2) is 18.3 Å². The minimum Gasteiger partial charge on any atom is -0.459 e. The second-order valence-corrected chi connectivity index (χ2v) is 7.28. The van der Waals surface area contributed by atoms with Crippen LogP contribution >= 0.6 is 0 Å². The summed E-state index contributed by atoms with van der Waals surface area (Å²) in [5.41, 5.74) is 0.415. The Balaban J connectivity index is 3.26. The van der Waals surface area contributed by atoms with Gasteiger partial charge in [0, 0.05) is 22.3 Å². The molecule has 9 heteroatoms. The largest absolute Gasteiger partial charge is 0.459 e. The van der Waals surface area contributed by atoms with Gasteiger partial charge in [0.2, 0.25) is 0 Å². The third kappa shape index (κ3) is 7.53. The van der Waals surface area contributed by atoms with Crippen LogP contribution in [0.2, 0.25) is 0 Å². The Bertz CT molecular complexity index is 808. The highest BCUT2D eigenvalue weighted by Crippen LogP contribution is 2.26. The van der Waals surface area contributed by atoms with E-state index in [1.54, 1.807) is 0 Å². The second-order valence-electron chi connectivity index (χ2n) is 7.28. The summed E-state index contributed by atoms with van der Waals surface area (Å²) in [6, 6.07) is 0. The van der Waals surface area contributed by atoms with Gasteiger partial charge in [-0.05, 0) is 27.7 Å². The van der Waals surface area contributed by atoms with Crippen LogP contribution in [0.25, 0.3) is 0 Å². The molecule has 31 heavy (non-hydrogen) atoms. The van der Waals surface area contributed by atoms with Crippen molar-refractivity contribution in [2.24, 2.45) is 0 Å². The van der Waals surface area contributed by atoms with E-state index in [2.05, 4.69) is 26.3 Å². The smallest absolute Gasteiger partial charge is 0.333 e. The third-order valence-corrected chi connectivity index (χ3v) is 4.05. The number of rotatable bonds is 9. The minimum absolute atomic E-state index is 0.0729. The van der Waals surface area contributed by atoms with Gasteiger partial charge in [-0.1, -0.05) is 26.3 Å². The van der Waals surface area contributed by atoms with Gasteiger partial charge in [0.25, 0.3) is 0 Å². The topological polar surface area (TPSA) is 114 Å². The normalized spacial score (nSPS) is 22.5. The van der Waals surface area contributed by atoms with Crippen molar-refractivity contribution in [1.29, 1.82) is 0 Å². The lowest BCUT2D eigenvalue weighted by Crippen LogP contribution is -2.59. The van der Waals surface area contributed by atoms with Crippen molar-refractivity contribution in [2.75, 3.05) is 13.2 Å². The van der Waals surface area contributed by atoms with E-state index in [1.165, 1.54) is 27.7 Å². The van der Waals surface area contributed by atoms with E-state index in [0.29, 0.717) is 0 Å². The number of hydrogen-bond acceptors (Lipinski definition) is 9. The van der Waals surface area contributed by atoms with E-state index >= 15 is 0 Å². The van der Waals surface area contributed by atoms with E-state index in [9.17, 15) is 19.2 Å². The van der Waals surface area contributed by atoms with Gasteiger partial charge in [0.05, 0.1) is 6.61 Å². The third-order valence-electron chi connectivity index (χ3n) is 4.05. The summed E-state index contributed by atoms with van der Waals surface area (Å²) in [5.74, 6) is -3.02. The summed E-state index contributed by atoms with van der Waals surface area (Å²) in [6.45, 7) is 19.2. The molecule has 0 saturated carbocycles. The standard InChI is InChI=1S/C22H28O9/c1-11(2)19(23)28-9-15-17(30-21(25)13(5)6)18(31-22(26)14(7)8)16(10-27-15)29-20(24)12(3)4/h15-18H,1,3,5,7,9-10H2,2,4,6,8H3/t15?,16-,17-,18-/m1/s1. The summed E-state index contributed by atoms with van der Waals surface area (Å²) in [5, 5.41) is 0. The first-order valence-electron chi connectivity index (χ1n) is 9.38. The highest BCUT2D eigenvalue weighted by Gasteiger charge is 2.48. The number of hydrogen-bond donors (Lipinski definition) is 0. The van der Waals surface area contributed by atoms with E-state index in [-0.39, 0.29) is 35.5 Å². The summed E-state index contributed by atoms with van der Waals surface area (Å²) in [4.78, 5) is 48.3. The maximum atomic E-state index is 12.2. The van der Waals surface area contributed by atoms with Gasteiger partial charge in [0.1, 0.15) is 12.7 Å². The number of esters is 4. The molecule has 0 bridgehead atoms. The first-order chi connectivity index (χ1) is 14.3. The molecular formula is C22H28O9. The fraction of sp³-hybridized carbons (Fsp3) is 0.455. The Morgan fingerprint density at radius 3 is 1.58 bits per heavy atom. The minimum atomic E-state index is -1.28. The molecule has 1 saturated heterocycles. The first-order valence-corrected chi connectivity index (χ1v) is 9.38. The molecule has 0 amide bonds. The van der Waals surface area contributed by atoms with Gasteiger partial charge < -0.3 is 23.7 Å². The maximum absolute atomic E-state index is 12.2. The molecule has 1 heterocycles. The molecule has 1 fully saturated rings. The zero-order valence-electron chi connectivity index (χ0n) is 18.2. The van der Waals surface area contributed by atoms with Crippen molar-refractivity contribution in [2.45, 2.75) is 52.1 Å². The SMILES string of the molecule is C=C(C)C(=O)OCC1OC[C@@H](OC(=O)C(=C)C)[C@@H](OC(=O)C(=C)C)[C@@H]1OC(=O)C(=C)C. The van der Waals surface area contributed by atoms with Crippen LogP contribution < -0.4 is 0 Å². The van der Waals surface area contributed by atoms with Crippen molar-refractivity contribution >= 4 is 23.9 Å². The Labute approximate surface area is 181 Å². The van der Waals surface area contributed by atoms with Gasteiger partial charge >= 0.3 is 23.9 Å². The highest BCUT2D eigenvalue weighted by atomic mass is 16.7. The van der Waals surface area contributed by atoms with Crippen LogP contribution in [0.3, 0.4) is 0 Å². The summed E-state index contributed by atoms with van der Waals surface area (Å²) in [7, 11) is 0. The van der Waals surface area contributed by atoms with E-state index < -0.39 is 48.3 Å². The summed E-state index contributed by atoms with van der Waals surface area (Å²) < 4.78 is 26.9. The quantitative estimate of drug-likeness (QED) is 0.304. The molecule has 0 aromatic carbocycles. The van der Waals surface area contributed by atoms with Crippen LogP contribution in [-0.2, 0) is 42.9 Å². The van der Waals surface area contributed by atoms with Crippen molar-refractivity contribution in [1.82, 2.24) is 0 Å². The molecule has 0 aromatic rings. The van der Waals surface area contributed by atoms with Crippen LogP contribution in [0.1, 0.15) is 27.7 Å². The zero-order valence-corrected chi connectivity index (χ0v) is 18.2. The van der Waals surface area contributed by atoms with Crippen LogP contribution in [-0.4, -0.2) is 61.5 Å². The van der Waals surface area contributed by atoms with Crippen LogP contribution in [0.4, 0.5) is 0 Å². The molecule has 9 nitrogen and oxygen atoms in total. The van der Waals surface area contributed by atoms with Gasteiger partial charge in [-0.2, -0.15) is 0 Å². The number of carbonyl (C=O) groups is 4. The molecule has 1 unspecified atom stereocenters. The second kappa shape index (κ2) is 11.3. The molecule has 1 aliphatic heterocycles. The molecular weight excluding hydrogens is 408 g/mol. The summed E-state index contributed by atoms with van der Waals surface area (Å²) >= 11 is 0. The molecule has 0 aliphatic carbocycles. The predicted molar refractivity (Wildman–Crippen MR) is 110 cm³/mol. The van der Waals surface area contributed by atoms with Crippen molar-refractivity contribution in [3.63, 3.8) is 0 Å². The zero-order chi connectivity index (χ0) is 23.9.